The SMILES string of the molecule is CCCN(CC(C)(C)CN)S(=O)(=O)CCCC(=O)O. The second kappa shape index (κ2) is 7.81. The molecule has 0 spiro atoms. The number of carboxylic acid groups (broad SMARTS) is 1. The van der Waals surface area contributed by atoms with E-state index in [-0.39, 0.29) is 24.0 Å². The van der Waals surface area contributed by atoms with E-state index in [4.69, 9.17) is 10.8 Å². The number of hydrogen-bond acceptors (Lipinski definition) is 4. The summed E-state index contributed by atoms with van der Waals surface area (Å²) in [5, 5.41) is 8.55. The lowest BCUT2D eigenvalue weighted by Gasteiger charge is -2.31. The summed E-state index contributed by atoms with van der Waals surface area (Å²) in [4.78, 5) is 10.4. The molecule has 0 radical (unpaired) electrons. The molecule has 0 aromatic heterocycles. The molecule has 0 heterocycles. The van der Waals surface area contributed by atoms with Gasteiger partial charge in [-0.15, -0.1) is 0 Å². The Kier molecular flexibility index (Phi) is 7.54. The summed E-state index contributed by atoms with van der Waals surface area (Å²) < 4.78 is 25.8. The number of sulfonamides is 1. The second-order valence-corrected chi connectivity index (χ2v) is 7.60. The molecule has 6 nitrogen and oxygen atoms in total. The molecule has 3 N–H and O–H groups in total. The predicted molar refractivity (Wildman–Crippen MR) is 75.4 cm³/mol. The summed E-state index contributed by atoms with van der Waals surface area (Å²) in [6.45, 7) is 6.96. The fraction of sp³-hybridized carbons (Fsp3) is 0.917. The van der Waals surface area contributed by atoms with Crippen molar-refractivity contribution in [2.75, 3.05) is 25.4 Å². The summed E-state index contributed by atoms with van der Waals surface area (Å²) in [5.41, 5.74) is 5.35. The maximum Gasteiger partial charge on any atom is 0.303 e. The number of carbonyl (C=O) groups is 1. The van der Waals surface area contributed by atoms with Gasteiger partial charge in [-0.1, -0.05) is 20.8 Å². The van der Waals surface area contributed by atoms with E-state index in [0.717, 1.165) is 6.42 Å². The molecule has 0 saturated heterocycles. The normalized spacial score (nSPS) is 12.9. The van der Waals surface area contributed by atoms with Crippen LogP contribution in [0.3, 0.4) is 0 Å². The van der Waals surface area contributed by atoms with Crippen molar-refractivity contribution < 1.29 is 18.3 Å². The van der Waals surface area contributed by atoms with Crippen LogP contribution in [-0.4, -0.2) is 49.2 Å². The first-order valence-corrected chi connectivity index (χ1v) is 8.15. The second-order valence-electron chi connectivity index (χ2n) is 5.52. The van der Waals surface area contributed by atoms with Crippen LogP contribution in [0.4, 0.5) is 0 Å². The standard InChI is InChI=1S/C12H26N2O4S/c1-4-7-14(10-12(2,3)9-13)19(17,18)8-5-6-11(15)16/h4-10,13H2,1-3H3,(H,15,16). The van der Waals surface area contributed by atoms with Crippen LogP contribution in [0.1, 0.15) is 40.0 Å². The summed E-state index contributed by atoms with van der Waals surface area (Å²) in [6.07, 6.45) is 0.735. The van der Waals surface area contributed by atoms with Gasteiger partial charge in [0.1, 0.15) is 0 Å². The summed E-state index contributed by atoms with van der Waals surface area (Å²) in [7, 11) is -3.41. The van der Waals surface area contributed by atoms with Gasteiger partial charge in [-0.05, 0) is 24.8 Å². The Morgan fingerprint density at radius 1 is 1.37 bits per heavy atom. The van der Waals surface area contributed by atoms with E-state index in [1.807, 2.05) is 20.8 Å². The number of aliphatic carboxylic acids is 1. The van der Waals surface area contributed by atoms with Gasteiger partial charge in [0, 0.05) is 19.5 Å². The number of rotatable bonds is 10. The Morgan fingerprint density at radius 3 is 2.37 bits per heavy atom. The van der Waals surface area contributed by atoms with E-state index in [1.54, 1.807) is 0 Å². The Bertz CT molecular complexity index is 379. The van der Waals surface area contributed by atoms with Gasteiger partial charge >= 0.3 is 5.97 Å². The van der Waals surface area contributed by atoms with Crippen LogP contribution in [0.2, 0.25) is 0 Å². The summed E-state index contributed by atoms with van der Waals surface area (Å²) in [6, 6.07) is 0. The van der Waals surface area contributed by atoms with Gasteiger partial charge < -0.3 is 10.8 Å². The van der Waals surface area contributed by atoms with Crippen molar-refractivity contribution in [1.82, 2.24) is 4.31 Å². The van der Waals surface area contributed by atoms with E-state index in [1.165, 1.54) is 4.31 Å². The van der Waals surface area contributed by atoms with Gasteiger partial charge in [-0.3, -0.25) is 4.79 Å². The first-order valence-electron chi connectivity index (χ1n) is 6.54. The van der Waals surface area contributed by atoms with Crippen LogP contribution in [0.5, 0.6) is 0 Å². The number of carboxylic acids is 1. The van der Waals surface area contributed by atoms with Crippen molar-refractivity contribution in [3.05, 3.63) is 0 Å². The minimum Gasteiger partial charge on any atom is -0.481 e. The third-order valence-electron chi connectivity index (χ3n) is 2.82. The Morgan fingerprint density at radius 2 is 1.95 bits per heavy atom. The average Bonchev–Trinajstić information content (AvgIpc) is 2.27. The molecule has 114 valence electrons. The third-order valence-corrected chi connectivity index (χ3v) is 4.72. The summed E-state index contributed by atoms with van der Waals surface area (Å²) in [5.74, 6) is -1.10. The van der Waals surface area contributed by atoms with E-state index in [9.17, 15) is 13.2 Å². The lowest BCUT2D eigenvalue weighted by atomic mass is 9.94. The van der Waals surface area contributed by atoms with Crippen molar-refractivity contribution in [1.29, 1.82) is 0 Å². The number of nitrogens with zero attached hydrogens (tertiary/aromatic N) is 1. The minimum absolute atomic E-state index is 0.125. The van der Waals surface area contributed by atoms with E-state index in [0.29, 0.717) is 19.6 Å². The largest absolute Gasteiger partial charge is 0.481 e. The molecule has 7 heteroatoms. The van der Waals surface area contributed by atoms with Crippen LogP contribution in [0.25, 0.3) is 0 Å². The molecule has 0 bridgehead atoms. The molecule has 0 aliphatic rings. The topological polar surface area (TPSA) is 101 Å². The smallest absolute Gasteiger partial charge is 0.303 e. The van der Waals surface area contributed by atoms with Crippen molar-refractivity contribution >= 4 is 16.0 Å². The average molecular weight is 294 g/mol. The van der Waals surface area contributed by atoms with Gasteiger partial charge in [-0.25, -0.2) is 12.7 Å². The third kappa shape index (κ3) is 7.49. The van der Waals surface area contributed by atoms with Gasteiger partial charge in [0.2, 0.25) is 10.0 Å². The highest BCUT2D eigenvalue weighted by Crippen LogP contribution is 2.18. The minimum atomic E-state index is -3.41. The molecule has 0 aromatic carbocycles. The molecule has 0 aliphatic heterocycles. The number of nitrogens with two attached hydrogens (primary N) is 1. The highest BCUT2D eigenvalue weighted by atomic mass is 32.2. The fourth-order valence-electron chi connectivity index (χ4n) is 1.64. The first kappa shape index (κ1) is 18.3. The van der Waals surface area contributed by atoms with Crippen LogP contribution in [0, 0.1) is 5.41 Å². The monoisotopic (exact) mass is 294 g/mol. The van der Waals surface area contributed by atoms with Crippen molar-refractivity contribution in [2.24, 2.45) is 11.1 Å². The molecule has 0 rings (SSSR count). The first-order chi connectivity index (χ1) is 8.64. The quantitative estimate of drug-likeness (QED) is 0.623. The highest BCUT2D eigenvalue weighted by Gasteiger charge is 2.27. The van der Waals surface area contributed by atoms with Crippen LogP contribution < -0.4 is 5.73 Å². The molecule has 0 aliphatic carbocycles. The van der Waals surface area contributed by atoms with Gasteiger partial charge in [0.25, 0.3) is 0 Å². The Balaban J connectivity index is 4.71. The van der Waals surface area contributed by atoms with Crippen molar-refractivity contribution in [3.63, 3.8) is 0 Å². The van der Waals surface area contributed by atoms with E-state index >= 15 is 0 Å². The molecular weight excluding hydrogens is 268 g/mol. The molecule has 0 aromatic rings. The van der Waals surface area contributed by atoms with Crippen molar-refractivity contribution in [2.45, 2.75) is 40.0 Å². The Labute approximate surface area is 116 Å². The lowest BCUT2D eigenvalue weighted by molar-refractivity contribution is -0.137. The maximum atomic E-state index is 12.2. The van der Waals surface area contributed by atoms with Gasteiger partial charge in [0.15, 0.2) is 0 Å². The molecule has 0 amide bonds. The lowest BCUT2D eigenvalue weighted by Crippen LogP contribution is -2.43. The highest BCUT2D eigenvalue weighted by molar-refractivity contribution is 7.89. The zero-order chi connectivity index (χ0) is 15.1. The van der Waals surface area contributed by atoms with E-state index in [2.05, 4.69) is 0 Å². The molecular formula is C12H26N2O4S. The Hall–Kier alpha value is -0.660. The molecule has 0 unspecified atom stereocenters. The van der Waals surface area contributed by atoms with E-state index < -0.39 is 16.0 Å². The zero-order valence-electron chi connectivity index (χ0n) is 12.1. The molecule has 0 saturated carbocycles. The number of hydrogen-bond donors (Lipinski definition) is 2. The maximum absolute atomic E-state index is 12.2. The van der Waals surface area contributed by atoms with Crippen LogP contribution in [-0.2, 0) is 14.8 Å². The molecule has 0 fully saturated rings. The van der Waals surface area contributed by atoms with Gasteiger partial charge in [0.05, 0.1) is 5.75 Å². The fourth-order valence-corrected chi connectivity index (χ4v) is 3.42. The van der Waals surface area contributed by atoms with Gasteiger partial charge in [-0.2, -0.15) is 0 Å². The summed E-state index contributed by atoms with van der Waals surface area (Å²) >= 11 is 0. The molecule has 0 atom stereocenters. The van der Waals surface area contributed by atoms with Crippen molar-refractivity contribution in [3.8, 4) is 0 Å². The predicted octanol–water partition coefficient (Wildman–Crippen LogP) is 0.878. The van der Waals surface area contributed by atoms with Crippen LogP contribution >= 0.6 is 0 Å². The molecule has 19 heavy (non-hydrogen) atoms. The zero-order valence-corrected chi connectivity index (χ0v) is 12.9. The van der Waals surface area contributed by atoms with Crippen LogP contribution in [0.15, 0.2) is 0 Å².